The van der Waals surface area contributed by atoms with Crippen molar-refractivity contribution in [2.45, 2.75) is 38.5 Å². The number of phenolic OH excluding ortho intramolecular Hbond substituents is 2. The maximum atomic E-state index is 14.3. The third-order valence-electron chi connectivity index (χ3n) is 8.04. The van der Waals surface area contributed by atoms with E-state index in [4.69, 9.17) is 9.98 Å². The van der Waals surface area contributed by atoms with E-state index in [9.17, 15) is 27.8 Å². The summed E-state index contributed by atoms with van der Waals surface area (Å²) in [5, 5.41) is 19.6. The Hall–Kier alpha value is -4.70. The summed E-state index contributed by atoms with van der Waals surface area (Å²) < 4.78 is 54.2. The van der Waals surface area contributed by atoms with Gasteiger partial charge in [-0.25, -0.2) is 9.37 Å². The van der Waals surface area contributed by atoms with E-state index in [0.717, 1.165) is 70.3 Å². The molecule has 3 aliphatic rings. The second kappa shape index (κ2) is 10.2. The van der Waals surface area contributed by atoms with E-state index in [1.165, 1.54) is 0 Å². The lowest BCUT2D eigenvalue weighted by molar-refractivity contribution is -0.127. The first-order valence-electron chi connectivity index (χ1n) is 13.9. The van der Waals surface area contributed by atoms with Crippen molar-refractivity contribution < 1.29 is 27.8 Å². The Kier molecular flexibility index (Phi) is 6.46. The summed E-state index contributed by atoms with van der Waals surface area (Å²) in [5.74, 6) is -0.809. The fourth-order valence-corrected chi connectivity index (χ4v) is 6.05. The summed E-state index contributed by atoms with van der Waals surface area (Å²) in [6, 6.07) is 14.1. The van der Waals surface area contributed by atoms with Gasteiger partial charge in [-0.15, -0.1) is 0 Å². The van der Waals surface area contributed by atoms with Gasteiger partial charge in [0.2, 0.25) is 0 Å². The van der Waals surface area contributed by atoms with E-state index in [1.807, 2.05) is 18.2 Å². The van der Waals surface area contributed by atoms with Gasteiger partial charge in [-0.3, -0.25) is 9.89 Å². The van der Waals surface area contributed by atoms with Crippen LogP contribution >= 0.6 is 0 Å². The van der Waals surface area contributed by atoms with Gasteiger partial charge in [0.1, 0.15) is 11.6 Å². The first kappa shape index (κ1) is 27.2. The zero-order valence-corrected chi connectivity index (χ0v) is 22.8. The molecule has 218 valence electrons. The van der Waals surface area contributed by atoms with Gasteiger partial charge in [0, 0.05) is 49.2 Å². The van der Waals surface area contributed by atoms with Gasteiger partial charge in [0.05, 0.1) is 29.2 Å². The number of imidazole rings is 1. The predicted octanol–water partition coefficient (Wildman–Crippen LogP) is 7.25. The third kappa shape index (κ3) is 5.34. The number of phenols is 2. The first-order chi connectivity index (χ1) is 20.6. The van der Waals surface area contributed by atoms with E-state index in [0.29, 0.717) is 30.8 Å². The molecule has 0 bridgehead atoms. The Morgan fingerprint density at radius 1 is 1.00 bits per heavy atom. The van der Waals surface area contributed by atoms with Gasteiger partial charge in [-0.05, 0) is 64.7 Å². The zero-order valence-electron chi connectivity index (χ0n) is 22.8. The Morgan fingerprint density at radius 3 is 2.67 bits per heavy atom. The summed E-state index contributed by atoms with van der Waals surface area (Å²) >= 11 is 0. The number of benzene rings is 3. The SMILES string of the molecule is Oc1cccc(CN2CCc3nc(C4=CCC5=Nc6ccc(-c7cc(F)c(O)cc7CC(F)(F)F)cc6C5=C4)[nH]c3C2)c1. The van der Waals surface area contributed by atoms with Gasteiger partial charge < -0.3 is 15.2 Å². The number of H-pyrrole nitrogens is 1. The van der Waals surface area contributed by atoms with E-state index in [2.05, 4.69) is 16.0 Å². The van der Waals surface area contributed by atoms with Crippen LogP contribution < -0.4 is 0 Å². The number of alkyl halides is 3. The normalized spacial score (nSPS) is 16.2. The molecule has 0 amide bonds. The van der Waals surface area contributed by atoms with E-state index < -0.39 is 24.2 Å². The maximum Gasteiger partial charge on any atom is 0.393 e. The molecule has 3 aromatic carbocycles. The number of hydrogen-bond acceptors (Lipinski definition) is 5. The predicted molar refractivity (Wildman–Crippen MR) is 155 cm³/mol. The Labute approximate surface area is 244 Å². The van der Waals surface area contributed by atoms with E-state index in [1.54, 1.807) is 30.3 Å². The first-order valence-corrected chi connectivity index (χ1v) is 13.9. The highest BCUT2D eigenvalue weighted by Gasteiger charge is 2.31. The highest BCUT2D eigenvalue weighted by atomic mass is 19.4. The monoisotopic (exact) mass is 586 g/mol. The lowest BCUT2D eigenvalue weighted by atomic mass is 9.90. The molecule has 7 rings (SSSR count). The van der Waals surface area contributed by atoms with Crippen molar-refractivity contribution in [1.29, 1.82) is 0 Å². The number of nitrogens with one attached hydrogen (secondary N) is 1. The van der Waals surface area contributed by atoms with Crippen LogP contribution in [-0.2, 0) is 25.9 Å². The van der Waals surface area contributed by atoms with Crippen molar-refractivity contribution in [1.82, 2.24) is 14.9 Å². The third-order valence-corrected chi connectivity index (χ3v) is 8.04. The van der Waals surface area contributed by atoms with Crippen LogP contribution in [0.1, 0.15) is 40.3 Å². The summed E-state index contributed by atoms with van der Waals surface area (Å²) in [6.45, 7) is 2.25. The molecule has 0 atom stereocenters. The molecule has 0 saturated heterocycles. The smallest absolute Gasteiger partial charge is 0.393 e. The highest BCUT2D eigenvalue weighted by molar-refractivity contribution is 6.32. The Balaban J connectivity index is 1.17. The van der Waals surface area contributed by atoms with Crippen molar-refractivity contribution in [2.75, 3.05) is 6.54 Å². The second-order valence-electron chi connectivity index (χ2n) is 11.1. The fourth-order valence-electron chi connectivity index (χ4n) is 6.05. The lowest BCUT2D eigenvalue weighted by Gasteiger charge is -2.26. The molecule has 43 heavy (non-hydrogen) atoms. The van der Waals surface area contributed by atoms with Gasteiger partial charge in [0.15, 0.2) is 11.6 Å². The summed E-state index contributed by atoms with van der Waals surface area (Å²) in [5.41, 5.74) is 7.41. The van der Waals surface area contributed by atoms with Crippen LogP contribution in [-0.4, -0.2) is 43.5 Å². The van der Waals surface area contributed by atoms with E-state index in [-0.39, 0.29) is 16.9 Å². The standard InChI is InChI=1S/C33H26F4N4O2/c34-26-14-23(21(13-31(26)43)15-33(35,36)37)19-4-6-27-24(11-19)25-12-20(5-7-28(25)38-27)32-39-29-8-9-41(17-30(29)40-32)16-18-2-1-3-22(42)10-18/h1-6,10-14,42-43H,7-9,15-17H2,(H,39,40). The number of aromatic nitrogens is 2. The molecule has 0 saturated carbocycles. The summed E-state index contributed by atoms with van der Waals surface area (Å²) in [6.07, 6.45) is -0.425. The minimum atomic E-state index is -4.53. The molecular formula is C33H26F4N4O2. The number of aromatic hydroxyl groups is 2. The molecule has 0 radical (unpaired) electrons. The molecule has 1 aliphatic carbocycles. The largest absolute Gasteiger partial charge is 0.508 e. The highest BCUT2D eigenvalue weighted by Crippen LogP contribution is 2.43. The number of fused-ring (bicyclic) bond motifs is 4. The molecule has 0 fully saturated rings. The molecule has 4 aromatic rings. The molecule has 0 spiro atoms. The number of rotatable bonds is 5. The molecule has 3 heterocycles. The van der Waals surface area contributed by atoms with Crippen molar-refractivity contribution in [3.8, 4) is 22.6 Å². The number of allylic oxidation sites excluding steroid dienone is 4. The quantitative estimate of drug-likeness (QED) is 0.215. The Morgan fingerprint density at radius 2 is 1.86 bits per heavy atom. The molecule has 0 unspecified atom stereocenters. The number of nitrogens with zero attached hydrogens (tertiary/aromatic N) is 3. The number of halogens is 4. The van der Waals surface area contributed by atoms with Crippen molar-refractivity contribution in [2.24, 2.45) is 4.99 Å². The summed E-state index contributed by atoms with van der Waals surface area (Å²) in [4.78, 5) is 15.4. The minimum absolute atomic E-state index is 0.0741. The van der Waals surface area contributed by atoms with Crippen molar-refractivity contribution in [3.05, 3.63) is 106 Å². The van der Waals surface area contributed by atoms with Crippen molar-refractivity contribution >= 4 is 22.5 Å². The average molecular weight is 587 g/mol. The molecular weight excluding hydrogens is 560 g/mol. The van der Waals surface area contributed by atoms with Gasteiger partial charge >= 0.3 is 6.18 Å². The van der Waals surface area contributed by atoms with Crippen LogP contribution in [0.2, 0.25) is 0 Å². The lowest BCUT2D eigenvalue weighted by Crippen LogP contribution is -2.30. The molecule has 10 heteroatoms. The maximum absolute atomic E-state index is 14.3. The molecule has 1 aromatic heterocycles. The topological polar surface area (TPSA) is 84.7 Å². The average Bonchev–Trinajstić information content (AvgIpc) is 3.54. The Bertz CT molecular complexity index is 1870. The molecule has 6 nitrogen and oxygen atoms in total. The van der Waals surface area contributed by atoms with Gasteiger partial charge in [-0.2, -0.15) is 13.2 Å². The fraction of sp³-hybridized carbons (Fsp3) is 0.212. The number of aliphatic imine (C=N–C) groups is 1. The summed E-state index contributed by atoms with van der Waals surface area (Å²) in [7, 11) is 0. The van der Waals surface area contributed by atoms with Gasteiger partial charge in [0.25, 0.3) is 0 Å². The van der Waals surface area contributed by atoms with Crippen molar-refractivity contribution in [3.63, 3.8) is 0 Å². The van der Waals surface area contributed by atoms with Crippen LogP contribution in [0.4, 0.5) is 23.2 Å². The number of aromatic amines is 1. The van der Waals surface area contributed by atoms with Crippen LogP contribution in [0.3, 0.4) is 0 Å². The van der Waals surface area contributed by atoms with Crippen LogP contribution in [0.15, 0.2) is 71.7 Å². The van der Waals surface area contributed by atoms with Gasteiger partial charge in [-0.1, -0.05) is 24.3 Å². The van der Waals surface area contributed by atoms with E-state index >= 15 is 0 Å². The zero-order chi connectivity index (χ0) is 29.9. The van der Waals surface area contributed by atoms with Crippen LogP contribution in [0.25, 0.3) is 22.3 Å². The van der Waals surface area contributed by atoms with Crippen LogP contribution in [0, 0.1) is 5.82 Å². The number of hydrogen-bond donors (Lipinski definition) is 3. The molecule has 2 aliphatic heterocycles. The molecule has 3 N–H and O–H groups in total. The minimum Gasteiger partial charge on any atom is -0.508 e. The van der Waals surface area contributed by atoms with Crippen LogP contribution in [0.5, 0.6) is 11.5 Å². The second-order valence-corrected chi connectivity index (χ2v) is 11.1.